The third-order valence-corrected chi connectivity index (χ3v) is 6.93. The van der Waals surface area contributed by atoms with Gasteiger partial charge in [0, 0.05) is 16.3 Å². The van der Waals surface area contributed by atoms with Gasteiger partial charge in [0.25, 0.3) is 17.7 Å². The van der Waals surface area contributed by atoms with Crippen molar-refractivity contribution in [1.82, 2.24) is 10.4 Å². The van der Waals surface area contributed by atoms with Gasteiger partial charge in [-0.25, -0.2) is 0 Å². The van der Waals surface area contributed by atoms with Crippen LogP contribution in [-0.4, -0.2) is 47.4 Å². The van der Waals surface area contributed by atoms with Gasteiger partial charge in [-0.1, -0.05) is 35.5 Å². The molecule has 1 aliphatic heterocycles. The molecule has 40 heavy (non-hydrogen) atoms. The molecular weight excluding hydrogens is 574 g/mol. The highest BCUT2D eigenvalue weighted by atomic mass is 35.5. The Labute approximate surface area is 245 Å². The van der Waals surface area contributed by atoms with E-state index in [1.54, 1.807) is 72.8 Å². The molecule has 1 fully saturated rings. The predicted octanol–water partition coefficient (Wildman–Crippen LogP) is 5.31. The smallest absolute Gasteiger partial charge is 0.285 e. The fraction of sp³-hybridized carbons (Fsp3) is 0.143. The van der Waals surface area contributed by atoms with Gasteiger partial charge in [-0.2, -0.15) is 5.01 Å². The maximum atomic E-state index is 13.0. The van der Waals surface area contributed by atoms with Gasteiger partial charge in [0.05, 0.1) is 18.6 Å². The van der Waals surface area contributed by atoms with E-state index >= 15 is 0 Å². The Morgan fingerprint density at radius 1 is 1.05 bits per heavy atom. The maximum Gasteiger partial charge on any atom is 0.285 e. The Hall–Kier alpha value is -4.06. The second-order valence-corrected chi connectivity index (χ2v) is 10.3. The molecule has 0 atom stereocenters. The van der Waals surface area contributed by atoms with E-state index in [9.17, 15) is 14.4 Å². The Morgan fingerprint density at radius 2 is 1.82 bits per heavy atom. The number of thiocarbonyl (C=S) groups is 1. The lowest BCUT2D eigenvalue weighted by molar-refractivity contribution is -0.123. The first-order valence-corrected chi connectivity index (χ1v) is 13.6. The van der Waals surface area contributed by atoms with Crippen molar-refractivity contribution >= 4 is 69.4 Å². The van der Waals surface area contributed by atoms with Crippen LogP contribution in [0.3, 0.4) is 0 Å². The van der Waals surface area contributed by atoms with Crippen LogP contribution in [0.4, 0.5) is 5.69 Å². The van der Waals surface area contributed by atoms with Crippen LogP contribution in [0.2, 0.25) is 5.02 Å². The summed E-state index contributed by atoms with van der Waals surface area (Å²) in [7, 11) is 1.53. The maximum absolute atomic E-state index is 13.0. The number of ether oxygens (including phenoxy) is 3. The van der Waals surface area contributed by atoms with Crippen LogP contribution in [0.15, 0.2) is 71.6 Å². The minimum atomic E-state index is -0.486. The minimum Gasteiger partial charge on any atom is -0.497 e. The van der Waals surface area contributed by atoms with E-state index in [0.717, 1.165) is 16.8 Å². The SMILES string of the molecule is CCOc1cc(/C=C2/SC(=S)N(NC(=O)c3ccc(OC)cc3)C2=O)ccc1OCC(=O)Nc1cccc(Cl)c1. The molecular formula is C28H24ClN3O6S2. The highest BCUT2D eigenvalue weighted by molar-refractivity contribution is 8.26. The Morgan fingerprint density at radius 3 is 2.52 bits per heavy atom. The quantitative estimate of drug-likeness (QED) is 0.239. The first-order valence-electron chi connectivity index (χ1n) is 12.0. The molecule has 0 unspecified atom stereocenters. The number of benzene rings is 3. The average molecular weight is 598 g/mol. The molecule has 3 aromatic rings. The Bertz CT molecular complexity index is 1480. The van der Waals surface area contributed by atoms with Crippen LogP contribution >= 0.6 is 35.6 Å². The highest BCUT2D eigenvalue weighted by Crippen LogP contribution is 2.34. The average Bonchev–Trinajstić information content (AvgIpc) is 3.20. The fourth-order valence-corrected chi connectivity index (χ4v) is 4.90. The molecule has 4 rings (SSSR count). The van der Waals surface area contributed by atoms with Crippen molar-refractivity contribution in [2.45, 2.75) is 6.92 Å². The number of hydrogen-bond acceptors (Lipinski definition) is 8. The lowest BCUT2D eigenvalue weighted by Crippen LogP contribution is -2.44. The molecule has 0 bridgehead atoms. The van der Waals surface area contributed by atoms with Crippen LogP contribution in [0.1, 0.15) is 22.8 Å². The molecule has 1 heterocycles. The van der Waals surface area contributed by atoms with Crippen molar-refractivity contribution in [1.29, 1.82) is 0 Å². The number of carbonyl (C=O) groups excluding carboxylic acids is 3. The van der Waals surface area contributed by atoms with E-state index < -0.39 is 11.8 Å². The summed E-state index contributed by atoms with van der Waals surface area (Å²) in [4.78, 5) is 38.3. The number of hydrazine groups is 1. The zero-order chi connectivity index (χ0) is 28.6. The van der Waals surface area contributed by atoms with Crippen LogP contribution in [-0.2, 0) is 9.59 Å². The molecule has 2 N–H and O–H groups in total. The summed E-state index contributed by atoms with van der Waals surface area (Å²) in [5.41, 5.74) is 4.09. The molecule has 3 amide bonds. The number of amides is 3. The Kier molecular flexibility index (Phi) is 9.65. The Balaban J connectivity index is 1.42. The first-order chi connectivity index (χ1) is 19.3. The lowest BCUT2D eigenvalue weighted by atomic mass is 10.2. The lowest BCUT2D eigenvalue weighted by Gasteiger charge is -2.15. The number of carbonyl (C=O) groups is 3. The number of nitrogens with zero attached hydrogens (tertiary/aromatic N) is 1. The molecule has 0 spiro atoms. The molecule has 1 saturated heterocycles. The largest absolute Gasteiger partial charge is 0.497 e. The van der Waals surface area contributed by atoms with Gasteiger partial charge in [0.15, 0.2) is 22.4 Å². The number of halogens is 1. The van der Waals surface area contributed by atoms with Crippen molar-refractivity contribution in [3.63, 3.8) is 0 Å². The molecule has 0 saturated carbocycles. The van der Waals surface area contributed by atoms with Crippen molar-refractivity contribution in [3.05, 3.63) is 87.8 Å². The highest BCUT2D eigenvalue weighted by Gasteiger charge is 2.34. The fourth-order valence-electron chi connectivity index (χ4n) is 3.53. The van der Waals surface area contributed by atoms with Crippen molar-refractivity contribution < 1.29 is 28.6 Å². The van der Waals surface area contributed by atoms with Crippen molar-refractivity contribution in [2.75, 3.05) is 25.6 Å². The zero-order valence-corrected chi connectivity index (χ0v) is 23.8. The standard InChI is InChI=1S/C28H24ClN3O6S2/c1-3-37-23-13-17(7-12-22(23)38-16-25(33)30-20-6-4-5-19(29)15-20)14-24-27(35)32(28(39)40-24)31-26(34)18-8-10-21(36-2)11-9-18/h4-15H,3,16H2,1-2H3,(H,30,33)(H,31,34)/b24-14+. The van der Waals surface area contributed by atoms with Gasteiger partial charge < -0.3 is 19.5 Å². The summed E-state index contributed by atoms with van der Waals surface area (Å²) in [6.07, 6.45) is 1.64. The second kappa shape index (κ2) is 13.3. The third-order valence-electron chi connectivity index (χ3n) is 5.39. The molecule has 0 aromatic heterocycles. The van der Waals surface area contributed by atoms with Gasteiger partial charge >= 0.3 is 0 Å². The molecule has 0 radical (unpaired) electrons. The third kappa shape index (κ3) is 7.32. The predicted molar refractivity (Wildman–Crippen MR) is 159 cm³/mol. The van der Waals surface area contributed by atoms with Gasteiger partial charge in [-0.15, -0.1) is 0 Å². The van der Waals surface area contributed by atoms with Crippen molar-refractivity contribution in [3.8, 4) is 17.2 Å². The van der Waals surface area contributed by atoms with E-state index in [0.29, 0.717) is 50.6 Å². The topological polar surface area (TPSA) is 106 Å². The van der Waals surface area contributed by atoms with Gasteiger partial charge in [0.2, 0.25) is 0 Å². The molecule has 206 valence electrons. The van der Waals surface area contributed by atoms with Gasteiger partial charge in [-0.05, 0) is 85.4 Å². The second-order valence-electron chi connectivity index (χ2n) is 8.17. The number of thioether (sulfide) groups is 1. The van der Waals surface area contributed by atoms with E-state index in [1.165, 1.54) is 7.11 Å². The van der Waals surface area contributed by atoms with Crippen LogP contribution < -0.4 is 25.0 Å². The summed E-state index contributed by atoms with van der Waals surface area (Å²) in [5.74, 6) is 0.0464. The van der Waals surface area contributed by atoms with Crippen LogP contribution in [0.5, 0.6) is 17.2 Å². The zero-order valence-electron chi connectivity index (χ0n) is 21.4. The molecule has 1 aliphatic rings. The number of nitrogens with one attached hydrogen (secondary N) is 2. The summed E-state index contributed by atoms with van der Waals surface area (Å²) < 4.78 is 16.7. The number of hydrogen-bond donors (Lipinski definition) is 2. The molecule has 9 nitrogen and oxygen atoms in total. The first kappa shape index (κ1) is 28.9. The normalized spacial score (nSPS) is 13.8. The summed E-state index contributed by atoms with van der Waals surface area (Å²) in [5, 5.41) is 4.26. The molecule has 0 aliphatic carbocycles. The monoisotopic (exact) mass is 597 g/mol. The van der Waals surface area contributed by atoms with E-state index in [2.05, 4.69) is 10.7 Å². The molecule has 12 heteroatoms. The summed E-state index contributed by atoms with van der Waals surface area (Å²) in [6, 6.07) is 18.3. The number of methoxy groups -OCH3 is 1. The van der Waals surface area contributed by atoms with E-state index in [4.69, 9.17) is 38.0 Å². The van der Waals surface area contributed by atoms with Crippen LogP contribution in [0.25, 0.3) is 6.08 Å². The minimum absolute atomic E-state index is 0.189. The van der Waals surface area contributed by atoms with Gasteiger partial charge in [0.1, 0.15) is 5.75 Å². The summed E-state index contributed by atoms with van der Waals surface area (Å²) >= 11 is 12.3. The van der Waals surface area contributed by atoms with Gasteiger partial charge in [-0.3, -0.25) is 19.8 Å². The molecule has 3 aromatic carbocycles. The van der Waals surface area contributed by atoms with E-state index in [-0.39, 0.29) is 16.8 Å². The van der Waals surface area contributed by atoms with E-state index in [1.807, 2.05) is 6.92 Å². The summed E-state index contributed by atoms with van der Waals surface area (Å²) in [6.45, 7) is 1.92. The number of rotatable bonds is 10. The number of anilines is 1. The van der Waals surface area contributed by atoms with Crippen LogP contribution in [0, 0.1) is 0 Å². The van der Waals surface area contributed by atoms with Crippen molar-refractivity contribution in [2.24, 2.45) is 0 Å².